The SMILES string of the molecule is C#CCCCc1ccc(C(C)CC)cc1. The van der Waals surface area contributed by atoms with Crippen molar-refractivity contribution < 1.29 is 0 Å². The van der Waals surface area contributed by atoms with Crippen molar-refractivity contribution in [3.63, 3.8) is 0 Å². The van der Waals surface area contributed by atoms with Crippen LogP contribution in [0.25, 0.3) is 0 Å². The second-order valence-corrected chi connectivity index (χ2v) is 4.11. The average Bonchev–Trinajstić information content (AvgIpc) is 2.29. The second-order valence-electron chi connectivity index (χ2n) is 4.11. The number of hydrogen-bond acceptors (Lipinski definition) is 0. The molecule has 15 heavy (non-hydrogen) atoms. The molecule has 0 spiro atoms. The van der Waals surface area contributed by atoms with Crippen molar-refractivity contribution in [2.75, 3.05) is 0 Å². The largest absolute Gasteiger partial charge is 0.120 e. The predicted octanol–water partition coefficient (Wildman–Crippen LogP) is 4.16. The Hall–Kier alpha value is -1.22. The molecule has 0 fully saturated rings. The summed E-state index contributed by atoms with van der Waals surface area (Å²) in [6, 6.07) is 8.97. The van der Waals surface area contributed by atoms with Gasteiger partial charge in [0.05, 0.1) is 0 Å². The second kappa shape index (κ2) is 6.30. The van der Waals surface area contributed by atoms with Crippen molar-refractivity contribution in [1.82, 2.24) is 0 Å². The highest BCUT2D eigenvalue weighted by atomic mass is 14.1. The predicted molar refractivity (Wildman–Crippen MR) is 66.9 cm³/mol. The maximum Gasteiger partial charge on any atom is 0.00892 e. The van der Waals surface area contributed by atoms with E-state index in [0.29, 0.717) is 5.92 Å². The summed E-state index contributed by atoms with van der Waals surface area (Å²) in [4.78, 5) is 0. The summed E-state index contributed by atoms with van der Waals surface area (Å²) in [6.45, 7) is 4.50. The highest BCUT2D eigenvalue weighted by molar-refractivity contribution is 5.25. The molecule has 0 aromatic heterocycles. The number of terminal acetylenes is 1. The number of unbranched alkanes of at least 4 members (excludes halogenated alkanes) is 1. The molecule has 1 unspecified atom stereocenters. The van der Waals surface area contributed by atoms with Gasteiger partial charge in [0.1, 0.15) is 0 Å². The molecule has 0 radical (unpaired) electrons. The number of rotatable bonds is 5. The molecule has 0 amide bonds. The molecule has 0 nitrogen and oxygen atoms in total. The summed E-state index contributed by atoms with van der Waals surface area (Å²) in [5.74, 6) is 3.35. The quantitative estimate of drug-likeness (QED) is 0.494. The third-order valence-corrected chi connectivity index (χ3v) is 2.95. The molecule has 0 saturated heterocycles. The van der Waals surface area contributed by atoms with E-state index in [1.807, 2.05) is 0 Å². The molecule has 1 atom stereocenters. The van der Waals surface area contributed by atoms with Gasteiger partial charge in [0.2, 0.25) is 0 Å². The molecule has 0 heteroatoms. The van der Waals surface area contributed by atoms with Gasteiger partial charge in [-0.1, -0.05) is 38.1 Å². The van der Waals surface area contributed by atoms with Gasteiger partial charge < -0.3 is 0 Å². The van der Waals surface area contributed by atoms with Crippen LogP contribution in [0.2, 0.25) is 0 Å². The van der Waals surface area contributed by atoms with E-state index in [-0.39, 0.29) is 0 Å². The zero-order valence-corrected chi connectivity index (χ0v) is 9.79. The lowest BCUT2D eigenvalue weighted by atomic mass is 9.96. The first-order valence-electron chi connectivity index (χ1n) is 5.80. The Bertz CT molecular complexity index is 313. The Balaban J connectivity index is 2.53. The fraction of sp³-hybridized carbons (Fsp3) is 0.467. The Morgan fingerprint density at radius 1 is 1.27 bits per heavy atom. The fourth-order valence-corrected chi connectivity index (χ4v) is 1.64. The van der Waals surface area contributed by atoms with Gasteiger partial charge in [0.15, 0.2) is 0 Å². The summed E-state index contributed by atoms with van der Waals surface area (Å²) >= 11 is 0. The van der Waals surface area contributed by atoms with Crippen LogP contribution in [-0.4, -0.2) is 0 Å². The van der Waals surface area contributed by atoms with Gasteiger partial charge in [-0.2, -0.15) is 0 Å². The first-order chi connectivity index (χ1) is 7.27. The summed E-state index contributed by atoms with van der Waals surface area (Å²) in [5, 5.41) is 0. The lowest BCUT2D eigenvalue weighted by Gasteiger charge is -2.09. The van der Waals surface area contributed by atoms with Gasteiger partial charge in [-0.25, -0.2) is 0 Å². The first-order valence-corrected chi connectivity index (χ1v) is 5.80. The summed E-state index contributed by atoms with van der Waals surface area (Å²) in [6.07, 6.45) is 9.51. The highest BCUT2D eigenvalue weighted by Gasteiger charge is 2.01. The molecule has 0 aliphatic rings. The Kier molecular flexibility index (Phi) is 4.98. The molecule has 1 rings (SSSR count). The normalized spacial score (nSPS) is 12.1. The minimum absolute atomic E-state index is 0.671. The maximum atomic E-state index is 5.22. The highest BCUT2D eigenvalue weighted by Crippen LogP contribution is 2.19. The van der Waals surface area contributed by atoms with Crippen LogP contribution in [0, 0.1) is 12.3 Å². The van der Waals surface area contributed by atoms with Crippen LogP contribution >= 0.6 is 0 Å². The zero-order valence-electron chi connectivity index (χ0n) is 9.79. The van der Waals surface area contributed by atoms with E-state index in [4.69, 9.17) is 6.42 Å². The lowest BCUT2D eigenvalue weighted by molar-refractivity contribution is 0.732. The summed E-state index contributed by atoms with van der Waals surface area (Å²) in [5.41, 5.74) is 2.84. The number of hydrogen-bond donors (Lipinski definition) is 0. The summed E-state index contributed by atoms with van der Waals surface area (Å²) < 4.78 is 0. The van der Waals surface area contributed by atoms with E-state index in [1.54, 1.807) is 0 Å². The van der Waals surface area contributed by atoms with E-state index in [0.717, 1.165) is 19.3 Å². The molecule has 0 aliphatic carbocycles. The Morgan fingerprint density at radius 2 is 1.93 bits per heavy atom. The van der Waals surface area contributed by atoms with E-state index in [1.165, 1.54) is 17.5 Å². The van der Waals surface area contributed by atoms with Gasteiger partial charge in [-0.05, 0) is 36.3 Å². The van der Waals surface area contributed by atoms with Crippen molar-refractivity contribution in [2.24, 2.45) is 0 Å². The number of benzene rings is 1. The van der Waals surface area contributed by atoms with Crippen LogP contribution in [0.3, 0.4) is 0 Å². The van der Waals surface area contributed by atoms with Crippen molar-refractivity contribution >= 4 is 0 Å². The van der Waals surface area contributed by atoms with Crippen LogP contribution in [0.4, 0.5) is 0 Å². The number of aryl methyl sites for hydroxylation is 1. The van der Waals surface area contributed by atoms with Crippen LogP contribution in [0.5, 0.6) is 0 Å². The third-order valence-electron chi connectivity index (χ3n) is 2.95. The zero-order chi connectivity index (χ0) is 11.1. The van der Waals surface area contributed by atoms with Crippen molar-refractivity contribution in [1.29, 1.82) is 0 Å². The van der Waals surface area contributed by atoms with E-state index in [2.05, 4.69) is 44.0 Å². The third kappa shape index (κ3) is 3.80. The molecule has 80 valence electrons. The van der Waals surface area contributed by atoms with E-state index < -0.39 is 0 Å². The minimum Gasteiger partial charge on any atom is -0.120 e. The minimum atomic E-state index is 0.671. The standard InChI is InChI=1S/C15H20/c1-4-6-7-8-14-9-11-15(12-10-14)13(3)5-2/h1,9-13H,5-8H2,2-3H3. The van der Waals surface area contributed by atoms with Crippen LogP contribution < -0.4 is 0 Å². The van der Waals surface area contributed by atoms with Crippen LogP contribution in [-0.2, 0) is 6.42 Å². The van der Waals surface area contributed by atoms with Gasteiger partial charge in [-0.3, -0.25) is 0 Å². The van der Waals surface area contributed by atoms with Gasteiger partial charge in [0.25, 0.3) is 0 Å². The van der Waals surface area contributed by atoms with Gasteiger partial charge in [-0.15, -0.1) is 12.3 Å². The molecule has 0 aliphatic heterocycles. The first kappa shape index (κ1) is 11.9. The lowest BCUT2D eigenvalue weighted by Crippen LogP contribution is -1.92. The molecule has 0 bridgehead atoms. The molecule has 1 aromatic carbocycles. The smallest absolute Gasteiger partial charge is 0.00892 e. The fourth-order valence-electron chi connectivity index (χ4n) is 1.64. The Morgan fingerprint density at radius 3 is 2.47 bits per heavy atom. The van der Waals surface area contributed by atoms with Crippen molar-refractivity contribution in [3.05, 3.63) is 35.4 Å². The van der Waals surface area contributed by atoms with Crippen LogP contribution in [0.15, 0.2) is 24.3 Å². The molecular formula is C15H20. The average molecular weight is 200 g/mol. The van der Waals surface area contributed by atoms with Crippen molar-refractivity contribution in [2.45, 2.75) is 45.4 Å². The van der Waals surface area contributed by atoms with Gasteiger partial charge >= 0.3 is 0 Å². The Labute approximate surface area is 93.7 Å². The van der Waals surface area contributed by atoms with E-state index >= 15 is 0 Å². The van der Waals surface area contributed by atoms with Crippen molar-refractivity contribution in [3.8, 4) is 12.3 Å². The van der Waals surface area contributed by atoms with Gasteiger partial charge in [0, 0.05) is 6.42 Å². The summed E-state index contributed by atoms with van der Waals surface area (Å²) in [7, 11) is 0. The molecule has 0 saturated carbocycles. The molecule has 1 aromatic rings. The maximum absolute atomic E-state index is 5.22. The van der Waals surface area contributed by atoms with Crippen LogP contribution in [0.1, 0.15) is 50.2 Å². The topological polar surface area (TPSA) is 0 Å². The molecule has 0 N–H and O–H groups in total. The molecular weight excluding hydrogens is 180 g/mol. The monoisotopic (exact) mass is 200 g/mol. The van der Waals surface area contributed by atoms with E-state index in [9.17, 15) is 0 Å². The molecule has 0 heterocycles.